The predicted molar refractivity (Wildman–Crippen MR) is 156 cm³/mol. The van der Waals surface area contributed by atoms with E-state index in [1.807, 2.05) is 47.8 Å². The molecule has 1 aromatic heterocycles. The zero-order valence-electron chi connectivity index (χ0n) is 22.6. The molecule has 0 aliphatic rings. The summed E-state index contributed by atoms with van der Waals surface area (Å²) in [7, 11) is 1.52. The molecular formula is C29H33N3O6S2. The van der Waals surface area contributed by atoms with Gasteiger partial charge in [0, 0.05) is 28.5 Å². The Morgan fingerprint density at radius 1 is 1.07 bits per heavy atom. The van der Waals surface area contributed by atoms with Crippen LogP contribution < -0.4 is 15.4 Å². The van der Waals surface area contributed by atoms with E-state index in [1.54, 1.807) is 26.1 Å². The summed E-state index contributed by atoms with van der Waals surface area (Å²) in [6.45, 7) is 3.52. The normalized spacial score (nSPS) is 12.4. The zero-order chi connectivity index (χ0) is 29.1. The van der Waals surface area contributed by atoms with Crippen LogP contribution in [0.2, 0.25) is 0 Å². The number of aliphatic carboxylic acids is 1. The summed E-state index contributed by atoms with van der Waals surface area (Å²) in [5.74, 6) is -1.79. The van der Waals surface area contributed by atoms with E-state index in [0.29, 0.717) is 17.1 Å². The molecule has 3 N–H and O–H groups in total. The second-order valence-corrected chi connectivity index (χ2v) is 11.3. The summed E-state index contributed by atoms with van der Waals surface area (Å²) < 4.78 is 5.42. The molecule has 40 heavy (non-hydrogen) atoms. The number of benzene rings is 2. The van der Waals surface area contributed by atoms with Gasteiger partial charge in [-0.3, -0.25) is 19.2 Å². The fraction of sp³-hybridized carbons (Fsp3) is 0.345. The molecule has 0 saturated carbocycles. The number of nitrogens with zero attached hydrogens (tertiary/aromatic N) is 1. The predicted octanol–water partition coefficient (Wildman–Crippen LogP) is 3.96. The minimum atomic E-state index is -1.21. The quantitative estimate of drug-likeness (QED) is 0.245. The Balaban J connectivity index is 1.65. The number of carboxylic acids is 1. The largest absolute Gasteiger partial charge is 0.496 e. The molecule has 3 rings (SSSR count). The molecule has 11 heteroatoms. The fourth-order valence-electron chi connectivity index (χ4n) is 3.97. The monoisotopic (exact) mass is 583 g/mol. The first-order valence-electron chi connectivity index (χ1n) is 12.7. The third-order valence-electron chi connectivity index (χ3n) is 6.02. The molecule has 0 aliphatic heterocycles. The molecule has 3 aromatic rings. The Hall–Kier alpha value is -3.70. The van der Waals surface area contributed by atoms with Gasteiger partial charge in [0.15, 0.2) is 5.78 Å². The number of aromatic nitrogens is 1. The molecule has 1 heterocycles. The van der Waals surface area contributed by atoms with Crippen LogP contribution in [0.3, 0.4) is 0 Å². The Kier molecular flexibility index (Phi) is 11.7. The van der Waals surface area contributed by atoms with Crippen LogP contribution in [0, 0.1) is 5.92 Å². The van der Waals surface area contributed by atoms with Gasteiger partial charge in [-0.25, -0.2) is 4.98 Å². The van der Waals surface area contributed by atoms with Crippen LogP contribution in [-0.4, -0.2) is 58.6 Å². The standard InChI is InChI=1S/C29H33N3O6S2/c1-18(2)27(32-25(34)14-21-13-20(9-10-24(21)38-3)29-30-11-12-40-29)28(37)31-22(15-26(35)36)23(33)17-39-16-19-7-5-4-6-8-19/h4-13,18,22,27H,14-17H2,1-3H3,(H,31,37)(H,32,34)(H,35,36)/t22?,27-/m0/s1. The molecular weight excluding hydrogens is 550 g/mol. The first-order valence-corrected chi connectivity index (χ1v) is 14.7. The Bertz CT molecular complexity index is 1300. The van der Waals surface area contributed by atoms with Crippen molar-refractivity contribution in [2.75, 3.05) is 12.9 Å². The minimum absolute atomic E-state index is 0.0427. The van der Waals surface area contributed by atoms with E-state index in [9.17, 15) is 24.3 Å². The van der Waals surface area contributed by atoms with Gasteiger partial charge in [-0.1, -0.05) is 44.2 Å². The van der Waals surface area contributed by atoms with Gasteiger partial charge in [-0.2, -0.15) is 0 Å². The van der Waals surface area contributed by atoms with E-state index in [4.69, 9.17) is 4.74 Å². The molecule has 0 spiro atoms. The van der Waals surface area contributed by atoms with Crippen molar-refractivity contribution < 1.29 is 29.0 Å². The number of ether oxygens (including phenoxy) is 1. The second kappa shape index (κ2) is 15.2. The number of thiazole rings is 1. The van der Waals surface area contributed by atoms with Crippen molar-refractivity contribution in [3.05, 3.63) is 71.2 Å². The molecule has 2 aromatic carbocycles. The maximum Gasteiger partial charge on any atom is 0.305 e. The number of Topliss-reactive ketones (excluding diaryl/α,β-unsaturated/α-hetero) is 1. The van der Waals surface area contributed by atoms with E-state index in [1.165, 1.54) is 30.2 Å². The molecule has 0 saturated heterocycles. The van der Waals surface area contributed by atoms with Crippen molar-refractivity contribution in [3.63, 3.8) is 0 Å². The van der Waals surface area contributed by atoms with Crippen molar-refractivity contribution in [1.29, 1.82) is 0 Å². The van der Waals surface area contributed by atoms with E-state index in [0.717, 1.165) is 16.1 Å². The fourth-order valence-corrected chi connectivity index (χ4v) is 5.54. The number of amides is 2. The van der Waals surface area contributed by atoms with Gasteiger partial charge in [-0.15, -0.1) is 23.1 Å². The van der Waals surface area contributed by atoms with E-state index >= 15 is 0 Å². The maximum absolute atomic E-state index is 13.2. The van der Waals surface area contributed by atoms with Gasteiger partial charge in [0.2, 0.25) is 11.8 Å². The van der Waals surface area contributed by atoms with Gasteiger partial charge in [-0.05, 0) is 29.7 Å². The van der Waals surface area contributed by atoms with Crippen LogP contribution in [0.5, 0.6) is 5.75 Å². The highest BCUT2D eigenvalue weighted by Gasteiger charge is 2.30. The first-order chi connectivity index (χ1) is 19.2. The summed E-state index contributed by atoms with van der Waals surface area (Å²) in [6.07, 6.45) is 1.11. The summed E-state index contributed by atoms with van der Waals surface area (Å²) >= 11 is 2.82. The van der Waals surface area contributed by atoms with Gasteiger partial charge in [0.25, 0.3) is 0 Å². The third kappa shape index (κ3) is 9.20. The number of rotatable bonds is 15. The van der Waals surface area contributed by atoms with Gasteiger partial charge in [0.05, 0.1) is 31.7 Å². The maximum atomic E-state index is 13.2. The smallest absolute Gasteiger partial charge is 0.305 e. The Morgan fingerprint density at radius 2 is 1.82 bits per heavy atom. The van der Waals surface area contributed by atoms with Crippen LogP contribution in [0.25, 0.3) is 10.6 Å². The van der Waals surface area contributed by atoms with Crippen LogP contribution in [0.1, 0.15) is 31.4 Å². The topological polar surface area (TPSA) is 135 Å². The van der Waals surface area contributed by atoms with Crippen molar-refractivity contribution in [3.8, 4) is 16.3 Å². The number of hydrogen-bond donors (Lipinski definition) is 3. The van der Waals surface area contributed by atoms with E-state index in [2.05, 4.69) is 15.6 Å². The molecule has 0 aliphatic carbocycles. The SMILES string of the molecule is COc1ccc(-c2nccs2)cc1CC(=O)N[C@H](C(=O)NC(CC(=O)O)C(=O)CSCc1ccccc1)C(C)C. The molecule has 0 radical (unpaired) electrons. The van der Waals surface area contributed by atoms with Crippen molar-refractivity contribution in [2.24, 2.45) is 5.92 Å². The minimum Gasteiger partial charge on any atom is -0.496 e. The Labute approximate surface area is 241 Å². The summed E-state index contributed by atoms with van der Waals surface area (Å²) in [4.78, 5) is 54.9. The number of methoxy groups -OCH3 is 1. The lowest BCUT2D eigenvalue weighted by molar-refractivity contribution is -0.140. The number of hydrogen-bond acceptors (Lipinski definition) is 8. The van der Waals surface area contributed by atoms with Gasteiger partial charge in [0.1, 0.15) is 16.8 Å². The van der Waals surface area contributed by atoms with Crippen LogP contribution in [0.15, 0.2) is 60.1 Å². The Morgan fingerprint density at radius 3 is 2.45 bits per heavy atom. The summed E-state index contributed by atoms with van der Waals surface area (Å²) in [5.41, 5.74) is 2.51. The van der Waals surface area contributed by atoms with Crippen LogP contribution in [0.4, 0.5) is 0 Å². The number of carbonyl (C=O) groups excluding carboxylic acids is 3. The molecule has 2 atom stereocenters. The molecule has 0 fully saturated rings. The number of carboxylic acid groups (broad SMARTS) is 1. The highest BCUT2D eigenvalue weighted by Crippen LogP contribution is 2.28. The van der Waals surface area contributed by atoms with Crippen LogP contribution in [-0.2, 0) is 31.4 Å². The lowest BCUT2D eigenvalue weighted by Crippen LogP contribution is -2.54. The summed E-state index contributed by atoms with van der Waals surface area (Å²) in [6, 6.07) is 12.9. The molecule has 9 nitrogen and oxygen atoms in total. The molecule has 212 valence electrons. The van der Waals surface area contributed by atoms with Crippen molar-refractivity contribution in [1.82, 2.24) is 15.6 Å². The number of nitrogens with one attached hydrogen (secondary N) is 2. The summed E-state index contributed by atoms with van der Waals surface area (Å²) in [5, 5.41) is 17.3. The lowest BCUT2D eigenvalue weighted by atomic mass is 10.0. The molecule has 0 bridgehead atoms. The highest BCUT2D eigenvalue weighted by atomic mass is 32.2. The van der Waals surface area contributed by atoms with E-state index < -0.39 is 42.1 Å². The second-order valence-electron chi connectivity index (χ2n) is 9.43. The number of ketones is 1. The number of carbonyl (C=O) groups is 4. The average Bonchev–Trinajstić information content (AvgIpc) is 3.46. The van der Waals surface area contributed by atoms with Crippen LogP contribution >= 0.6 is 23.1 Å². The molecule has 2 amide bonds. The highest BCUT2D eigenvalue weighted by molar-refractivity contribution is 7.99. The van der Waals surface area contributed by atoms with E-state index in [-0.39, 0.29) is 18.1 Å². The first kappa shape index (κ1) is 30.8. The van der Waals surface area contributed by atoms with Gasteiger partial charge >= 0.3 is 5.97 Å². The van der Waals surface area contributed by atoms with Gasteiger partial charge < -0.3 is 20.5 Å². The molecule has 1 unspecified atom stereocenters. The average molecular weight is 584 g/mol. The number of thioether (sulfide) groups is 1. The zero-order valence-corrected chi connectivity index (χ0v) is 24.2. The third-order valence-corrected chi connectivity index (χ3v) is 7.86. The van der Waals surface area contributed by atoms with Crippen molar-refractivity contribution >= 4 is 46.7 Å². The lowest BCUT2D eigenvalue weighted by Gasteiger charge is -2.25. The van der Waals surface area contributed by atoms with Crippen molar-refractivity contribution in [2.45, 2.75) is 44.5 Å².